The molecule has 0 aromatic carbocycles. The molecule has 15 heavy (non-hydrogen) atoms. The van der Waals surface area contributed by atoms with Gasteiger partial charge in [-0.05, 0) is 13.8 Å². The molecule has 4 nitrogen and oxygen atoms in total. The Kier molecular flexibility index (Phi) is 5.03. The summed E-state index contributed by atoms with van der Waals surface area (Å²) in [5.74, 6) is 0. The number of piperazine rings is 1. The second-order valence-corrected chi connectivity index (χ2v) is 4.40. The van der Waals surface area contributed by atoms with Crippen LogP contribution in [0.25, 0.3) is 0 Å². The fourth-order valence-corrected chi connectivity index (χ4v) is 2.09. The molecule has 0 spiro atoms. The molecular weight excluding hydrogens is 190 g/mol. The summed E-state index contributed by atoms with van der Waals surface area (Å²) < 4.78 is 0. The number of nitriles is 1. The van der Waals surface area contributed by atoms with Gasteiger partial charge in [-0.3, -0.25) is 9.80 Å². The van der Waals surface area contributed by atoms with Crippen LogP contribution in [0, 0.1) is 11.3 Å². The van der Waals surface area contributed by atoms with Gasteiger partial charge in [-0.1, -0.05) is 0 Å². The molecule has 4 heteroatoms. The summed E-state index contributed by atoms with van der Waals surface area (Å²) in [5.41, 5.74) is 0. The van der Waals surface area contributed by atoms with Crippen molar-refractivity contribution < 1.29 is 5.11 Å². The molecule has 1 aliphatic rings. The lowest BCUT2D eigenvalue weighted by atomic mass is 10.1. The molecule has 1 N–H and O–H groups in total. The molecule has 1 rings (SSSR count). The van der Waals surface area contributed by atoms with Crippen LogP contribution in [-0.2, 0) is 0 Å². The average molecular weight is 211 g/mol. The molecule has 1 heterocycles. The predicted octanol–water partition coefficient (Wildman–Crippen LogP) is 0.287. The Balaban J connectivity index is 2.31. The van der Waals surface area contributed by atoms with Gasteiger partial charge in [-0.15, -0.1) is 0 Å². The Morgan fingerprint density at radius 2 is 2.27 bits per heavy atom. The summed E-state index contributed by atoms with van der Waals surface area (Å²) in [5, 5.41) is 17.8. The summed E-state index contributed by atoms with van der Waals surface area (Å²) in [6.07, 6.45) is 0.362. The SMILES string of the molecule is C[C@H](O)CN1CCN(CCC#N)C[C@@H]1C. The lowest BCUT2D eigenvalue weighted by Gasteiger charge is -2.40. The van der Waals surface area contributed by atoms with E-state index in [-0.39, 0.29) is 6.10 Å². The van der Waals surface area contributed by atoms with E-state index in [1.165, 1.54) is 0 Å². The maximum atomic E-state index is 9.33. The van der Waals surface area contributed by atoms with Crippen molar-refractivity contribution in [1.29, 1.82) is 5.26 Å². The van der Waals surface area contributed by atoms with Crippen molar-refractivity contribution in [3.8, 4) is 6.07 Å². The smallest absolute Gasteiger partial charge is 0.0639 e. The molecule has 0 saturated carbocycles. The van der Waals surface area contributed by atoms with Gasteiger partial charge < -0.3 is 5.11 Å². The summed E-state index contributed by atoms with van der Waals surface area (Å²) >= 11 is 0. The third-order valence-corrected chi connectivity index (χ3v) is 2.89. The van der Waals surface area contributed by atoms with Crippen LogP contribution >= 0.6 is 0 Å². The summed E-state index contributed by atoms with van der Waals surface area (Å²) in [7, 11) is 0. The van der Waals surface area contributed by atoms with Crippen LogP contribution in [0.3, 0.4) is 0 Å². The molecule has 0 aliphatic carbocycles. The van der Waals surface area contributed by atoms with E-state index in [4.69, 9.17) is 5.26 Å². The van der Waals surface area contributed by atoms with Crippen LogP contribution in [0.2, 0.25) is 0 Å². The second-order valence-electron chi connectivity index (χ2n) is 4.40. The first-order chi connectivity index (χ1) is 7.13. The van der Waals surface area contributed by atoms with Crippen LogP contribution in [-0.4, -0.2) is 59.8 Å². The van der Waals surface area contributed by atoms with Gasteiger partial charge in [-0.2, -0.15) is 5.26 Å². The average Bonchev–Trinajstić information content (AvgIpc) is 2.18. The zero-order valence-corrected chi connectivity index (χ0v) is 9.69. The van der Waals surface area contributed by atoms with Crippen LogP contribution in [0.15, 0.2) is 0 Å². The molecular formula is C11H21N3O. The lowest BCUT2D eigenvalue weighted by molar-refractivity contribution is 0.0460. The van der Waals surface area contributed by atoms with Crippen molar-refractivity contribution in [3.63, 3.8) is 0 Å². The number of aliphatic hydroxyl groups excluding tert-OH is 1. The highest BCUT2D eigenvalue weighted by atomic mass is 16.3. The fourth-order valence-electron chi connectivity index (χ4n) is 2.09. The second kappa shape index (κ2) is 6.06. The molecule has 1 aliphatic heterocycles. The topological polar surface area (TPSA) is 50.5 Å². The van der Waals surface area contributed by atoms with Gasteiger partial charge in [0.1, 0.15) is 0 Å². The van der Waals surface area contributed by atoms with Crippen molar-refractivity contribution in [2.24, 2.45) is 0 Å². The molecule has 0 bridgehead atoms. The number of aliphatic hydroxyl groups is 1. The number of hydrogen-bond acceptors (Lipinski definition) is 4. The van der Waals surface area contributed by atoms with Gasteiger partial charge in [0, 0.05) is 45.2 Å². The van der Waals surface area contributed by atoms with E-state index >= 15 is 0 Å². The zero-order valence-electron chi connectivity index (χ0n) is 9.69. The minimum absolute atomic E-state index is 0.252. The van der Waals surface area contributed by atoms with Crippen molar-refractivity contribution in [3.05, 3.63) is 0 Å². The van der Waals surface area contributed by atoms with Crippen molar-refractivity contribution >= 4 is 0 Å². The highest BCUT2D eigenvalue weighted by molar-refractivity contribution is 4.82. The normalized spacial score (nSPS) is 26.1. The summed E-state index contributed by atoms with van der Waals surface area (Å²) in [6, 6.07) is 2.66. The minimum Gasteiger partial charge on any atom is -0.392 e. The van der Waals surface area contributed by atoms with Crippen LogP contribution < -0.4 is 0 Å². The van der Waals surface area contributed by atoms with E-state index in [9.17, 15) is 5.11 Å². The first-order valence-electron chi connectivity index (χ1n) is 5.65. The standard InChI is InChI=1S/C11H21N3O/c1-10-8-13(5-3-4-12)6-7-14(10)9-11(2)15/h10-11,15H,3,5-9H2,1-2H3/t10-,11-/m0/s1. The number of nitrogens with zero attached hydrogens (tertiary/aromatic N) is 3. The van der Waals surface area contributed by atoms with E-state index in [0.717, 1.165) is 32.7 Å². The Morgan fingerprint density at radius 1 is 1.53 bits per heavy atom. The Morgan fingerprint density at radius 3 is 2.80 bits per heavy atom. The van der Waals surface area contributed by atoms with Gasteiger partial charge in [0.2, 0.25) is 0 Å². The third kappa shape index (κ3) is 4.17. The quantitative estimate of drug-likeness (QED) is 0.726. The summed E-state index contributed by atoms with van der Waals surface area (Å²) in [6.45, 7) is 8.66. The molecule has 86 valence electrons. The first-order valence-corrected chi connectivity index (χ1v) is 5.65. The largest absolute Gasteiger partial charge is 0.392 e. The molecule has 0 aromatic rings. The van der Waals surface area contributed by atoms with E-state index in [1.54, 1.807) is 0 Å². The van der Waals surface area contributed by atoms with E-state index in [0.29, 0.717) is 12.5 Å². The van der Waals surface area contributed by atoms with Gasteiger partial charge in [-0.25, -0.2) is 0 Å². The molecule has 2 atom stereocenters. The minimum atomic E-state index is -0.252. The fraction of sp³-hybridized carbons (Fsp3) is 0.909. The molecule has 0 radical (unpaired) electrons. The van der Waals surface area contributed by atoms with E-state index in [1.807, 2.05) is 6.92 Å². The Labute approximate surface area is 92.1 Å². The third-order valence-electron chi connectivity index (χ3n) is 2.89. The van der Waals surface area contributed by atoms with E-state index in [2.05, 4.69) is 22.8 Å². The predicted molar refractivity (Wildman–Crippen MR) is 59.4 cm³/mol. The van der Waals surface area contributed by atoms with Gasteiger partial charge in [0.25, 0.3) is 0 Å². The number of β-amino-alcohol motifs (C(OH)–C–C–N with tert-alkyl or cyclic N) is 1. The Bertz CT molecular complexity index is 224. The monoisotopic (exact) mass is 211 g/mol. The van der Waals surface area contributed by atoms with Gasteiger partial charge in [0.15, 0.2) is 0 Å². The van der Waals surface area contributed by atoms with Crippen LogP contribution in [0.5, 0.6) is 0 Å². The van der Waals surface area contributed by atoms with E-state index < -0.39 is 0 Å². The molecule has 0 aromatic heterocycles. The van der Waals surface area contributed by atoms with Crippen LogP contribution in [0.1, 0.15) is 20.3 Å². The Hall–Kier alpha value is -0.630. The summed E-state index contributed by atoms with van der Waals surface area (Å²) in [4.78, 5) is 4.64. The van der Waals surface area contributed by atoms with Crippen molar-refractivity contribution in [2.75, 3.05) is 32.7 Å². The lowest BCUT2D eigenvalue weighted by Crippen LogP contribution is -2.53. The van der Waals surface area contributed by atoms with Gasteiger partial charge in [0.05, 0.1) is 12.2 Å². The number of rotatable bonds is 4. The molecule has 1 fully saturated rings. The highest BCUT2D eigenvalue weighted by Crippen LogP contribution is 2.10. The van der Waals surface area contributed by atoms with Crippen LogP contribution in [0.4, 0.5) is 0 Å². The zero-order chi connectivity index (χ0) is 11.3. The van der Waals surface area contributed by atoms with Gasteiger partial charge >= 0.3 is 0 Å². The highest BCUT2D eigenvalue weighted by Gasteiger charge is 2.23. The maximum Gasteiger partial charge on any atom is 0.0639 e. The van der Waals surface area contributed by atoms with Crippen molar-refractivity contribution in [1.82, 2.24) is 9.80 Å². The van der Waals surface area contributed by atoms with Crippen molar-refractivity contribution in [2.45, 2.75) is 32.4 Å². The number of hydrogen-bond donors (Lipinski definition) is 1. The molecule has 0 amide bonds. The maximum absolute atomic E-state index is 9.33. The molecule has 0 unspecified atom stereocenters. The molecule has 1 saturated heterocycles. The first kappa shape index (κ1) is 12.4.